The van der Waals surface area contributed by atoms with Crippen LogP contribution in [0.2, 0.25) is 0 Å². The minimum atomic E-state index is -0.993. The minimum Gasteiger partial charge on any atom is -0.480 e. The van der Waals surface area contributed by atoms with Gasteiger partial charge in [-0.15, -0.1) is 0 Å². The van der Waals surface area contributed by atoms with Gasteiger partial charge in [0.25, 0.3) is 0 Å². The standard InChI is InChI=1S/C4H9N3O2.H3P/c1-7(4(5)6)2-3(8)9;/h2H2,1H3,(H3,5,6)(H,8,9);1H3. The average Bonchev–Trinajstić information content (AvgIpc) is 1.63. The molecule has 0 aromatic carbocycles. The van der Waals surface area contributed by atoms with Crippen LogP contribution >= 0.6 is 9.90 Å². The fourth-order valence-electron chi connectivity index (χ4n) is 0.288. The maximum Gasteiger partial charge on any atom is 0.323 e. The van der Waals surface area contributed by atoms with Gasteiger partial charge in [0.05, 0.1) is 0 Å². The van der Waals surface area contributed by atoms with Gasteiger partial charge in [-0.3, -0.25) is 10.2 Å². The molecule has 5 nitrogen and oxygen atoms in total. The van der Waals surface area contributed by atoms with Crippen molar-refractivity contribution in [3.8, 4) is 0 Å². The first-order valence-corrected chi connectivity index (χ1v) is 2.31. The van der Waals surface area contributed by atoms with E-state index in [0.29, 0.717) is 0 Å². The molecule has 0 spiro atoms. The zero-order valence-electron chi connectivity index (χ0n) is 5.79. The summed E-state index contributed by atoms with van der Waals surface area (Å²) in [5.74, 6) is -1.23. The fourth-order valence-corrected chi connectivity index (χ4v) is 0.288. The Morgan fingerprint density at radius 2 is 2.20 bits per heavy atom. The predicted octanol–water partition coefficient (Wildman–Crippen LogP) is -1.05. The maximum absolute atomic E-state index is 9.92. The molecule has 0 aliphatic rings. The van der Waals surface area contributed by atoms with Crippen LogP contribution in [0.1, 0.15) is 0 Å². The van der Waals surface area contributed by atoms with Crippen molar-refractivity contribution in [2.45, 2.75) is 0 Å². The van der Waals surface area contributed by atoms with Crippen LogP contribution in [0.4, 0.5) is 0 Å². The number of carboxylic acids is 1. The Morgan fingerprint density at radius 3 is 2.30 bits per heavy atom. The van der Waals surface area contributed by atoms with Gasteiger partial charge in [-0.2, -0.15) is 9.90 Å². The highest BCUT2D eigenvalue weighted by molar-refractivity contribution is 6.92. The third-order valence-corrected chi connectivity index (χ3v) is 0.784. The van der Waals surface area contributed by atoms with Gasteiger partial charge in [0.15, 0.2) is 5.96 Å². The number of hydrogen-bond acceptors (Lipinski definition) is 2. The van der Waals surface area contributed by atoms with Crippen molar-refractivity contribution >= 4 is 21.8 Å². The van der Waals surface area contributed by atoms with Gasteiger partial charge in [-0.1, -0.05) is 0 Å². The van der Waals surface area contributed by atoms with Crippen LogP contribution in [-0.4, -0.2) is 35.5 Å². The van der Waals surface area contributed by atoms with Gasteiger partial charge < -0.3 is 15.7 Å². The number of nitrogens with zero attached hydrogens (tertiary/aromatic N) is 1. The van der Waals surface area contributed by atoms with E-state index in [9.17, 15) is 4.79 Å². The Morgan fingerprint density at radius 1 is 1.80 bits per heavy atom. The van der Waals surface area contributed by atoms with Crippen LogP contribution in [0.25, 0.3) is 0 Å². The van der Waals surface area contributed by atoms with E-state index >= 15 is 0 Å². The number of aliphatic carboxylic acids is 1. The number of nitrogens with one attached hydrogen (secondary N) is 1. The van der Waals surface area contributed by atoms with Crippen molar-refractivity contribution < 1.29 is 9.90 Å². The van der Waals surface area contributed by atoms with Crippen LogP contribution in [0.5, 0.6) is 0 Å². The van der Waals surface area contributed by atoms with Crippen molar-refractivity contribution in [1.29, 1.82) is 5.41 Å². The van der Waals surface area contributed by atoms with Crippen LogP contribution in [0.15, 0.2) is 0 Å². The van der Waals surface area contributed by atoms with E-state index in [4.69, 9.17) is 16.2 Å². The zero-order chi connectivity index (χ0) is 7.44. The number of guanidine groups is 1. The second-order valence-corrected chi connectivity index (χ2v) is 1.64. The Hall–Kier alpha value is -0.830. The molecule has 6 heteroatoms. The second-order valence-electron chi connectivity index (χ2n) is 1.64. The van der Waals surface area contributed by atoms with E-state index in [1.54, 1.807) is 0 Å². The van der Waals surface area contributed by atoms with Gasteiger partial charge in [-0.25, -0.2) is 0 Å². The Balaban J connectivity index is 0. The van der Waals surface area contributed by atoms with Crippen LogP contribution < -0.4 is 5.73 Å². The molecule has 1 unspecified atom stereocenters. The highest BCUT2D eigenvalue weighted by atomic mass is 31.0. The van der Waals surface area contributed by atoms with Crippen LogP contribution in [-0.2, 0) is 4.79 Å². The molecule has 0 radical (unpaired) electrons. The average molecular weight is 165 g/mol. The van der Waals surface area contributed by atoms with E-state index < -0.39 is 5.97 Å². The maximum atomic E-state index is 9.92. The summed E-state index contributed by atoms with van der Waals surface area (Å²) in [6.07, 6.45) is 0. The molecule has 0 rings (SSSR count). The highest BCUT2D eigenvalue weighted by Gasteiger charge is 2.03. The molecule has 0 aliphatic carbocycles. The molecule has 0 aliphatic heterocycles. The lowest BCUT2D eigenvalue weighted by molar-refractivity contribution is -0.137. The van der Waals surface area contributed by atoms with Gasteiger partial charge in [0.2, 0.25) is 0 Å². The fraction of sp³-hybridized carbons (Fsp3) is 0.500. The molecule has 0 bridgehead atoms. The SMILES string of the molecule is CN(CC(=O)O)C(=N)N.P. The number of rotatable bonds is 2. The molecule has 10 heavy (non-hydrogen) atoms. The molecule has 0 aromatic heterocycles. The first-order chi connectivity index (χ1) is 4.04. The molecule has 60 valence electrons. The summed E-state index contributed by atoms with van der Waals surface area (Å²) >= 11 is 0. The number of likely N-dealkylation sites (N-methyl/N-ethyl adjacent to an activating group) is 1. The minimum absolute atomic E-state index is 0. The summed E-state index contributed by atoms with van der Waals surface area (Å²) in [5, 5.41) is 14.9. The summed E-state index contributed by atoms with van der Waals surface area (Å²) in [6, 6.07) is 0. The molecule has 0 aromatic rings. The molecular formula is C4H12N3O2P. The second kappa shape index (κ2) is 4.99. The highest BCUT2D eigenvalue weighted by Crippen LogP contribution is 1.76. The van der Waals surface area contributed by atoms with E-state index in [-0.39, 0.29) is 22.4 Å². The quantitative estimate of drug-likeness (QED) is 0.277. The largest absolute Gasteiger partial charge is 0.480 e. The number of carbonyl (C=O) groups is 1. The van der Waals surface area contributed by atoms with Crippen molar-refractivity contribution in [2.24, 2.45) is 5.73 Å². The molecule has 0 fully saturated rings. The Bertz CT molecular complexity index is 138. The molecule has 0 saturated carbocycles. The van der Waals surface area contributed by atoms with Crippen LogP contribution in [0.3, 0.4) is 0 Å². The number of carboxylic acid groups (broad SMARTS) is 1. The van der Waals surface area contributed by atoms with Gasteiger partial charge in [-0.05, 0) is 0 Å². The van der Waals surface area contributed by atoms with E-state index in [0.717, 1.165) is 4.90 Å². The van der Waals surface area contributed by atoms with Crippen LogP contribution in [0, 0.1) is 5.41 Å². The van der Waals surface area contributed by atoms with Gasteiger partial charge in [0.1, 0.15) is 6.54 Å². The first kappa shape index (κ1) is 11.9. The molecule has 0 saturated heterocycles. The van der Waals surface area contributed by atoms with Crippen molar-refractivity contribution in [3.63, 3.8) is 0 Å². The van der Waals surface area contributed by atoms with Gasteiger partial charge >= 0.3 is 5.97 Å². The summed E-state index contributed by atoms with van der Waals surface area (Å²) in [6.45, 7) is -0.227. The molecular weight excluding hydrogens is 153 g/mol. The lowest BCUT2D eigenvalue weighted by atomic mass is 10.6. The van der Waals surface area contributed by atoms with E-state index in [1.165, 1.54) is 7.05 Å². The predicted molar refractivity (Wildman–Crippen MR) is 43.3 cm³/mol. The monoisotopic (exact) mass is 165 g/mol. The summed E-state index contributed by atoms with van der Waals surface area (Å²) in [5.41, 5.74) is 4.93. The van der Waals surface area contributed by atoms with Gasteiger partial charge in [0, 0.05) is 7.05 Å². The Labute approximate surface area is 62.3 Å². The topological polar surface area (TPSA) is 90.4 Å². The first-order valence-electron chi connectivity index (χ1n) is 2.31. The third-order valence-electron chi connectivity index (χ3n) is 0.784. The van der Waals surface area contributed by atoms with Crippen molar-refractivity contribution in [3.05, 3.63) is 0 Å². The summed E-state index contributed by atoms with van der Waals surface area (Å²) in [7, 11) is 1.44. The lowest BCUT2D eigenvalue weighted by Crippen LogP contribution is -2.36. The zero-order valence-corrected chi connectivity index (χ0v) is 7.21. The van der Waals surface area contributed by atoms with E-state index in [1.807, 2.05) is 0 Å². The summed E-state index contributed by atoms with van der Waals surface area (Å²) in [4.78, 5) is 11.0. The molecule has 4 N–H and O–H groups in total. The number of hydrogen-bond donors (Lipinski definition) is 3. The Kier molecular flexibility index (Phi) is 5.95. The normalized spacial score (nSPS) is 7.70. The smallest absolute Gasteiger partial charge is 0.323 e. The summed E-state index contributed by atoms with van der Waals surface area (Å²) < 4.78 is 0. The number of nitrogens with two attached hydrogens (primary N) is 1. The molecule has 1 atom stereocenters. The molecule has 0 amide bonds. The van der Waals surface area contributed by atoms with Crippen molar-refractivity contribution in [2.75, 3.05) is 13.6 Å². The van der Waals surface area contributed by atoms with E-state index in [2.05, 4.69) is 0 Å². The lowest BCUT2D eigenvalue weighted by Gasteiger charge is -2.12. The third kappa shape index (κ3) is 5.31. The molecule has 0 heterocycles. The van der Waals surface area contributed by atoms with Crippen molar-refractivity contribution in [1.82, 2.24) is 4.90 Å².